The summed E-state index contributed by atoms with van der Waals surface area (Å²) < 4.78 is 30.9. The molecule has 0 aromatic heterocycles. The average molecular weight is 443 g/mol. The molecule has 5 unspecified atom stereocenters. The lowest BCUT2D eigenvalue weighted by molar-refractivity contribution is 0.131. The maximum Gasteiger partial charge on any atom is 0.133 e. The van der Waals surface area contributed by atoms with Crippen molar-refractivity contribution in [1.82, 2.24) is 0 Å². The molecular formula is C30H44F2. The molecule has 4 rings (SSSR count). The number of fused-ring (bicyclic) bond motifs is 2. The van der Waals surface area contributed by atoms with Gasteiger partial charge in [0.05, 0.1) is 0 Å². The molecule has 3 aliphatic rings. The van der Waals surface area contributed by atoms with Crippen molar-refractivity contribution >= 4 is 0 Å². The molecule has 0 saturated heterocycles. The minimum atomic E-state index is -0.254. The fourth-order valence-corrected chi connectivity index (χ4v) is 7.23. The van der Waals surface area contributed by atoms with Crippen molar-refractivity contribution in [2.45, 2.75) is 116 Å². The summed E-state index contributed by atoms with van der Waals surface area (Å²) in [6, 6.07) is 1.73. The van der Waals surface area contributed by atoms with Crippen LogP contribution in [0.3, 0.4) is 0 Å². The molecule has 2 saturated carbocycles. The fraction of sp³-hybridized carbons (Fsp3) is 0.733. The summed E-state index contributed by atoms with van der Waals surface area (Å²) in [5.41, 5.74) is 2.26. The van der Waals surface area contributed by atoms with Gasteiger partial charge in [-0.15, -0.1) is 0 Å². The van der Waals surface area contributed by atoms with Gasteiger partial charge in [-0.1, -0.05) is 57.6 Å². The van der Waals surface area contributed by atoms with Crippen LogP contribution in [-0.2, 0) is 12.8 Å². The SMILES string of the molecule is C/C=C/C1CCC2CC(c3c(F)cc4c(c3F)CCC(CCCCCCC)C4)CCC2C1. The van der Waals surface area contributed by atoms with Gasteiger partial charge < -0.3 is 0 Å². The van der Waals surface area contributed by atoms with Crippen LogP contribution >= 0.6 is 0 Å². The second-order valence-electron chi connectivity index (χ2n) is 11.2. The van der Waals surface area contributed by atoms with Crippen LogP contribution in [0.1, 0.15) is 120 Å². The highest BCUT2D eigenvalue weighted by Crippen LogP contribution is 2.49. The third-order valence-corrected chi connectivity index (χ3v) is 9.00. The summed E-state index contributed by atoms with van der Waals surface area (Å²) >= 11 is 0. The average Bonchev–Trinajstić information content (AvgIpc) is 2.79. The lowest BCUT2D eigenvalue weighted by Crippen LogP contribution is -2.31. The lowest BCUT2D eigenvalue weighted by atomic mass is 9.63. The van der Waals surface area contributed by atoms with Crippen LogP contribution in [0.4, 0.5) is 8.78 Å². The molecule has 1 aromatic rings. The van der Waals surface area contributed by atoms with Gasteiger partial charge in [0.25, 0.3) is 0 Å². The van der Waals surface area contributed by atoms with Gasteiger partial charge in [0.15, 0.2) is 0 Å². The predicted molar refractivity (Wildman–Crippen MR) is 131 cm³/mol. The molecule has 2 heteroatoms. The van der Waals surface area contributed by atoms with Crippen molar-refractivity contribution < 1.29 is 8.78 Å². The van der Waals surface area contributed by atoms with Gasteiger partial charge in [0.2, 0.25) is 0 Å². The zero-order valence-electron chi connectivity index (χ0n) is 20.5. The Morgan fingerprint density at radius 3 is 2.53 bits per heavy atom. The molecule has 0 N–H and O–H groups in total. The predicted octanol–water partition coefficient (Wildman–Crippen LogP) is 9.31. The zero-order valence-corrected chi connectivity index (χ0v) is 20.5. The maximum atomic E-state index is 15.7. The summed E-state index contributed by atoms with van der Waals surface area (Å²) in [5, 5.41) is 0. The normalized spacial score (nSPS) is 30.3. The number of rotatable bonds is 8. The molecule has 2 fully saturated rings. The Morgan fingerprint density at radius 1 is 0.938 bits per heavy atom. The molecule has 0 bridgehead atoms. The third-order valence-electron chi connectivity index (χ3n) is 9.00. The van der Waals surface area contributed by atoms with Gasteiger partial charge >= 0.3 is 0 Å². The molecule has 0 radical (unpaired) electrons. The Labute approximate surface area is 195 Å². The van der Waals surface area contributed by atoms with E-state index in [1.54, 1.807) is 6.07 Å². The van der Waals surface area contributed by atoms with E-state index < -0.39 is 0 Å². The first kappa shape index (κ1) is 24.0. The molecule has 0 amide bonds. The number of benzene rings is 1. The first-order valence-electron chi connectivity index (χ1n) is 13.7. The van der Waals surface area contributed by atoms with E-state index in [4.69, 9.17) is 0 Å². The Balaban J connectivity index is 1.39. The van der Waals surface area contributed by atoms with Gasteiger partial charge in [-0.05, 0) is 111 Å². The lowest BCUT2D eigenvalue weighted by Gasteiger charge is -2.42. The third kappa shape index (κ3) is 5.48. The largest absolute Gasteiger partial charge is 0.207 e. The highest BCUT2D eigenvalue weighted by atomic mass is 19.1. The van der Waals surface area contributed by atoms with Gasteiger partial charge in [-0.3, -0.25) is 0 Å². The Morgan fingerprint density at radius 2 is 1.72 bits per heavy atom. The highest BCUT2D eigenvalue weighted by Gasteiger charge is 2.38. The van der Waals surface area contributed by atoms with Crippen LogP contribution in [0.5, 0.6) is 0 Å². The molecule has 0 spiro atoms. The molecule has 0 heterocycles. The van der Waals surface area contributed by atoms with Crippen LogP contribution < -0.4 is 0 Å². The minimum absolute atomic E-state index is 0.0797. The van der Waals surface area contributed by atoms with E-state index in [0.29, 0.717) is 17.4 Å². The molecule has 0 nitrogen and oxygen atoms in total. The van der Waals surface area contributed by atoms with E-state index in [1.165, 1.54) is 57.8 Å². The highest BCUT2D eigenvalue weighted by molar-refractivity contribution is 5.39. The van der Waals surface area contributed by atoms with E-state index in [1.807, 2.05) is 0 Å². The van der Waals surface area contributed by atoms with Crippen molar-refractivity contribution in [3.63, 3.8) is 0 Å². The number of halogens is 2. The summed E-state index contributed by atoms with van der Waals surface area (Å²) in [6.07, 6.45) is 21.8. The molecular weight excluding hydrogens is 398 g/mol. The van der Waals surface area contributed by atoms with Crippen LogP contribution in [0, 0.1) is 35.3 Å². The second kappa shape index (κ2) is 11.3. The summed E-state index contributed by atoms with van der Waals surface area (Å²) in [4.78, 5) is 0. The summed E-state index contributed by atoms with van der Waals surface area (Å²) in [7, 11) is 0. The molecule has 5 atom stereocenters. The molecule has 178 valence electrons. The van der Waals surface area contributed by atoms with Crippen LogP contribution in [0.2, 0.25) is 0 Å². The zero-order chi connectivity index (χ0) is 22.5. The Hall–Kier alpha value is -1.18. The number of hydrogen-bond acceptors (Lipinski definition) is 0. The molecule has 0 aliphatic heterocycles. The van der Waals surface area contributed by atoms with E-state index in [-0.39, 0.29) is 17.6 Å². The van der Waals surface area contributed by atoms with Crippen molar-refractivity contribution in [2.24, 2.45) is 23.7 Å². The van der Waals surface area contributed by atoms with E-state index in [0.717, 1.165) is 61.5 Å². The minimum Gasteiger partial charge on any atom is -0.207 e. The standard InChI is InChI=1S/C30H44F2/c1-3-5-6-7-8-10-22-12-16-27-26(18-22)20-28(31)29(30(27)32)25-15-14-23-17-21(9-4-2)11-13-24(23)19-25/h4,9,20-25H,3,5-8,10-19H2,1-2H3/b9-4+. The molecule has 3 aliphatic carbocycles. The number of unbranched alkanes of at least 4 members (excludes halogenated alkanes) is 4. The van der Waals surface area contributed by atoms with Crippen LogP contribution in [0.25, 0.3) is 0 Å². The topological polar surface area (TPSA) is 0 Å². The number of allylic oxidation sites excluding steroid dienone is 2. The van der Waals surface area contributed by atoms with Crippen LogP contribution in [-0.4, -0.2) is 0 Å². The van der Waals surface area contributed by atoms with Crippen molar-refractivity contribution in [3.05, 3.63) is 46.5 Å². The molecule has 1 aromatic carbocycles. The van der Waals surface area contributed by atoms with Gasteiger partial charge in [-0.25, -0.2) is 8.78 Å². The van der Waals surface area contributed by atoms with E-state index >= 15 is 8.78 Å². The molecule has 32 heavy (non-hydrogen) atoms. The van der Waals surface area contributed by atoms with E-state index in [2.05, 4.69) is 26.0 Å². The number of hydrogen-bond donors (Lipinski definition) is 0. The monoisotopic (exact) mass is 442 g/mol. The Kier molecular flexibility index (Phi) is 8.46. The fourth-order valence-electron chi connectivity index (χ4n) is 7.23. The maximum absolute atomic E-state index is 15.7. The Bertz CT molecular complexity index is 780. The van der Waals surface area contributed by atoms with Gasteiger partial charge in [0.1, 0.15) is 11.6 Å². The van der Waals surface area contributed by atoms with Crippen molar-refractivity contribution in [3.8, 4) is 0 Å². The van der Waals surface area contributed by atoms with Gasteiger partial charge in [-0.2, -0.15) is 0 Å². The summed E-state index contributed by atoms with van der Waals surface area (Å²) in [6.45, 7) is 4.36. The van der Waals surface area contributed by atoms with E-state index in [9.17, 15) is 0 Å². The van der Waals surface area contributed by atoms with Crippen LogP contribution in [0.15, 0.2) is 18.2 Å². The quantitative estimate of drug-likeness (QED) is 0.278. The second-order valence-corrected chi connectivity index (χ2v) is 11.2. The summed E-state index contributed by atoms with van der Waals surface area (Å²) in [5.74, 6) is 2.39. The van der Waals surface area contributed by atoms with Crippen molar-refractivity contribution in [1.29, 1.82) is 0 Å². The smallest absolute Gasteiger partial charge is 0.133 e. The first-order valence-corrected chi connectivity index (χ1v) is 13.7. The van der Waals surface area contributed by atoms with Gasteiger partial charge in [0, 0.05) is 5.56 Å². The first-order chi connectivity index (χ1) is 15.6. The van der Waals surface area contributed by atoms with Crippen molar-refractivity contribution in [2.75, 3.05) is 0 Å².